The van der Waals surface area contributed by atoms with Crippen molar-refractivity contribution in [3.63, 3.8) is 0 Å². The van der Waals surface area contributed by atoms with E-state index in [-0.39, 0.29) is 11.6 Å². The van der Waals surface area contributed by atoms with Gasteiger partial charge in [0.25, 0.3) is 0 Å². The van der Waals surface area contributed by atoms with Crippen LogP contribution in [0, 0.1) is 0 Å². The summed E-state index contributed by atoms with van der Waals surface area (Å²) in [5, 5.41) is 8.69. The summed E-state index contributed by atoms with van der Waals surface area (Å²) in [6.07, 6.45) is 3.45. The molecule has 0 aliphatic heterocycles. The number of hydrogen-bond donors (Lipinski definition) is 1. The van der Waals surface area contributed by atoms with Crippen molar-refractivity contribution < 1.29 is 14.6 Å². The molecule has 0 atom stereocenters. The van der Waals surface area contributed by atoms with Gasteiger partial charge in [-0.2, -0.15) is 0 Å². The lowest BCUT2D eigenvalue weighted by Gasteiger charge is -2.09. The molecule has 0 amide bonds. The Balaban J connectivity index is 2.42. The minimum absolute atomic E-state index is 0.106. The van der Waals surface area contributed by atoms with Gasteiger partial charge in [-0.15, -0.1) is 0 Å². The summed E-state index contributed by atoms with van der Waals surface area (Å²) in [5.74, 6) is -0.857. The van der Waals surface area contributed by atoms with Crippen LogP contribution >= 0.6 is 0 Å². The molecule has 1 heterocycles. The predicted molar refractivity (Wildman–Crippen MR) is 57.7 cm³/mol. The molecule has 0 bridgehead atoms. The molecule has 6 heteroatoms. The molecule has 1 aromatic rings. The Morgan fingerprint density at radius 3 is 2.88 bits per heavy atom. The second-order valence-corrected chi connectivity index (χ2v) is 3.55. The molecule has 1 N–H and O–H groups in total. The van der Waals surface area contributed by atoms with Crippen molar-refractivity contribution in [2.45, 2.75) is 6.42 Å². The quantitative estimate of drug-likeness (QED) is 0.711. The molecule has 0 aliphatic rings. The van der Waals surface area contributed by atoms with E-state index in [1.54, 1.807) is 0 Å². The summed E-state index contributed by atoms with van der Waals surface area (Å²) in [6, 6.07) is 0. The summed E-state index contributed by atoms with van der Waals surface area (Å²) in [5.41, 5.74) is -0.106. The maximum absolute atomic E-state index is 10.6. The van der Waals surface area contributed by atoms with E-state index < -0.39 is 5.97 Å². The number of carbonyl (C=O) groups is 1. The third-order valence-corrected chi connectivity index (χ3v) is 1.83. The lowest BCUT2D eigenvalue weighted by molar-refractivity contribution is 0.0688. The lowest BCUT2D eigenvalue weighted by Crippen LogP contribution is -2.16. The van der Waals surface area contributed by atoms with Crippen molar-refractivity contribution in [2.24, 2.45) is 0 Å². The van der Waals surface area contributed by atoms with E-state index in [0.717, 1.165) is 13.0 Å². The first-order valence-electron chi connectivity index (χ1n) is 4.92. The van der Waals surface area contributed by atoms with Crippen LogP contribution < -0.4 is 4.74 Å². The fourth-order valence-corrected chi connectivity index (χ4v) is 1.08. The van der Waals surface area contributed by atoms with Crippen molar-refractivity contribution in [3.8, 4) is 5.88 Å². The van der Waals surface area contributed by atoms with Gasteiger partial charge in [0.1, 0.15) is 0 Å². The molecular formula is C10H15N3O3. The number of hydrogen-bond acceptors (Lipinski definition) is 5. The Hall–Kier alpha value is -1.69. The Morgan fingerprint density at radius 2 is 2.25 bits per heavy atom. The van der Waals surface area contributed by atoms with E-state index in [1.165, 1.54) is 12.4 Å². The number of rotatable bonds is 6. The average molecular weight is 225 g/mol. The molecule has 6 nitrogen and oxygen atoms in total. The SMILES string of the molecule is CN(C)CCCOc1cncc(C(=O)O)n1. The first kappa shape index (κ1) is 12.4. The summed E-state index contributed by atoms with van der Waals surface area (Å²) in [7, 11) is 3.95. The van der Waals surface area contributed by atoms with Gasteiger partial charge in [0.05, 0.1) is 19.0 Å². The normalized spacial score (nSPS) is 10.4. The van der Waals surface area contributed by atoms with Crippen LogP contribution in [0.15, 0.2) is 12.4 Å². The van der Waals surface area contributed by atoms with E-state index in [2.05, 4.69) is 9.97 Å². The van der Waals surface area contributed by atoms with Crippen LogP contribution in [0.3, 0.4) is 0 Å². The van der Waals surface area contributed by atoms with E-state index in [1.807, 2.05) is 19.0 Å². The zero-order valence-corrected chi connectivity index (χ0v) is 9.38. The molecule has 0 spiro atoms. The van der Waals surface area contributed by atoms with Gasteiger partial charge in [-0.05, 0) is 20.5 Å². The first-order chi connectivity index (χ1) is 7.59. The van der Waals surface area contributed by atoms with Gasteiger partial charge in [-0.1, -0.05) is 0 Å². The zero-order valence-electron chi connectivity index (χ0n) is 9.38. The van der Waals surface area contributed by atoms with E-state index in [9.17, 15) is 4.79 Å². The highest BCUT2D eigenvalue weighted by molar-refractivity contribution is 5.84. The molecule has 1 rings (SSSR count). The molecule has 0 fully saturated rings. The fraction of sp³-hybridized carbons (Fsp3) is 0.500. The lowest BCUT2D eigenvalue weighted by atomic mass is 10.4. The monoisotopic (exact) mass is 225 g/mol. The molecule has 0 radical (unpaired) electrons. The summed E-state index contributed by atoms with van der Waals surface area (Å²) in [4.78, 5) is 20.2. The zero-order chi connectivity index (χ0) is 12.0. The minimum Gasteiger partial charge on any atom is -0.477 e. The molecule has 1 aromatic heterocycles. The van der Waals surface area contributed by atoms with E-state index >= 15 is 0 Å². The molecular weight excluding hydrogens is 210 g/mol. The second kappa shape index (κ2) is 6.02. The fourth-order valence-electron chi connectivity index (χ4n) is 1.08. The number of ether oxygens (including phenoxy) is 1. The van der Waals surface area contributed by atoms with E-state index in [4.69, 9.17) is 9.84 Å². The van der Waals surface area contributed by atoms with Crippen LogP contribution in [-0.2, 0) is 0 Å². The molecule has 0 unspecified atom stereocenters. The molecule has 0 aromatic carbocycles. The smallest absolute Gasteiger partial charge is 0.356 e. The Morgan fingerprint density at radius 1 is 1.50 bits per heavy atom. The molecule has 0 saturated carbocycles. The van der Waals surface area contributed by atoms with Crippen molar-refractivity contribution in [1.29, 1.82) is 0 Å². The number of aromatic carboxylic acids is 1. The predicted octanol–water partition coefficient (Wildman–Crippen LogP) is 0.505. The van der Waals surface area contributed by atoms with Gasteiger partial charge in [0.15, 0.2) is 5.69 Å². The number of carboxylic acid groups (broad SMARTS) is 1. The number of carboxylic acids is 1. The van der Waals surface area contributed by atoms with Crippen molar-refractivity contribution in [1.82, 2.24) is 14.9 Å². The van der Waals surface area contributed by atoms with Crippen LogP contribution in [0.2, 0.25) is 0 Å². The average Bonchev–Trinajstić information content (AvgIpc) is 2.24. The topological polar surface area (TPSA) is 75.5 Å². The number of nitrogens with zero attached hydrogens (tertiary/aromatic N) is 3. The highest BCUT2D eigenvalue weighted by Crippen LogP contribution is 2.05. The minimum atomic E-state index is -1.11. The highest BCUT2D eigenvalue weighted by Gasteiger charge is 2.06. The molecule has 16 heavy (non-hydrogen) atoms. The maximum Gasteiger partial charge on any atom is 0.356 e. The molecule has 0 saturated heterocycles. The second-order valence-electron chi connectivity index (χ2n) is 3.55. The molecule has 0 aliphatic carbocycles. The van der Waals surface area contributed by atoms with Gasteiger partial charge in [-0.25, -0.2) is 9.78 Å². The maximum atomic E-state index is 10.6. The van der Waals surface area contributed by atoms with Gasteiger partial charge in [-0.3, -0.25) is 4.98 Å². The van der Waals surface area contributed by atoms with Crippen molar-refractivity contribution >= 4 is 5.97 Å². The van der Waals surface area contributed by atoms with Crippen LogP contribution in [0.4, 0.5) is 0 Å². The van der Waals surface area contributed by atoms with Crippen molar-refractivity contribution in [3.05, 3.63) is 18.1 Å². The van der Waals surface area contributed by atoms with Crippen LogP contribution in [0.5, 0.6) is 5.88 Å². The van der Waals surface area contributed by atoms with Gasteiger partial charge >= 0.3 is 5.97 Å². The first-order valence-corrected chi connectivity index (χ1v) is 4.92. The van der Waals surface area contributed by atoms with Crippen LogP contribution in [0.1, 0.15) is 16.9 Å². The summed E-state index contributed by atoms with van der Waals surface area (Å²) < 4.78 is 5.28. The largest absolute Gasteiger partial charge is 0.477 e. The van der Waals surface area contributed by atoms with Gasteiger partial charge in [0, 0.05) is 6.54 Å². The molecule has 88 valence electrons. The Bertz CT molecular complexity index is 355. The summed E-state index contributed by atoms with van der Waals surface area (Å²) >= 11 is 0. The number of aromatic nitrogens is 2. The third-order valence-electron chi connectivity index (χ3n) is 1.83. The van der Waals surface area contributed by atoms with Gasteiger partial charge < -0.3 is 14.7 Å². The third kappa shape index (κ3) is 4.22. The van der Waals surface area contributed by atoms with Crippen LogP contribution in [-0.4, -0.2) is 53.2 Å². The van der Waals surface area contributed by atoms with Gasteiger partial charge in [0.2, 0.25) is 5.88 Å². The summed E-state index contributed by atoms with van der Waals surface area (Å²) in [6.45, 7) is 1.40. The Labute approximate surface area is 93.9 Å². The van der Waals surface area contributed by atoms with Crippen molar-refractivity contribution in [2.75, 3.05) is 27.2 Å². The standard InChI is InChI=1S/C10H15N3O3/c1-13(2)4-3-5-16-9-7-11-6-8(12-9)10(14)15/h6-7H,3-5H2,1-2H3,(H,14,15). The Kier molecular flexibility index (Phi) is 4.65. The van der Waals surface area contributed by atoms with E-state index in [0.29, 0.717) is 6.61 Å². The van der Waals surface area contributed by atoms with Crippen LogP contribution in [0.25, 0.3) is 0 Å². The highest BCUT2D eigenvalue weighted by atomic mass is 16.5.